The highest BCUT2D eigenvalue weighted by atomic mass is 32.2. The van der Waals surface area contributed by atoms with E-state index >= 15 is 0 Å². The van der Waals surface area contributed by atoms with Crippen LogP contribution < -0.4 is 10.2 Å². The first-order chi connectivity index (χ1) is 13.2. The van der Waals surface area contributed by atoms with Crippen molar-refractivity contribution in [3.8, 4) is 0 Å². The largest absolute Gasteiger partial charge is 0.353 e. The summed E-state index contributed by atoms with van der Waals surface area (Å²) in [7, 11) is 0. The van der Waals surface area contributed by atoms with Crippen molar-refractivity contribution < 1.29 is 9.59 Å². The van der Waals surface area contributed by atoms with Crippen LogP contribution in [0.25, 0.3) is 0 Å². The summed E-state index contributed by atoms with van der Waals surface area (Å²) in [6.45, 7) is 5.18. The van der Waals surface area contributed by atoms with Crippen LogP contribution in [0.3, 0.4) is 0 Å². The number of hydrogen-bond acceptors (Lipinski definition) is 7. The molecule has 1 aliphatic carbocycles. The van der Waals surface area contributed by atoms with Crippen LogP contribution in [0, 0.1) is 0 Å². The lowest BCUT2D eigenvalue weighted by Crippen LogP contribution is -2.48. The second kappa shape index (κ2) is 10.3. The van der Waals surface area contributed by atoms with Gasteiger partial charge in [-0.1, -0.05) is 49.3 Å². The molecular formula is C18H29N5O2S2. The molecule has 2 heterocycles. The van der Waals surface area contributed by atoms with Gasteiger partial charge in [-0.3, -0.25) is 9.59 Å². The Labute approximate surface area is 169 Å². The molecule has 2 aliphatic rings. The van der Waals surface area contributed by atoms with E-state index in [0.29, 0.717) is 18.2 Å². The van der Waals surface area contributed by atoms with Gasteiger partial charge in [0.2, 0.25) is 16.9 Å². The number of nitrogens with one attached hydrogen (secondary N) is 1. The summed E-state index contributed by atoms with van der Waals surface area (Å²) in [4.78, 5) is 28.3. The molecule has 3 rings (SSSR count). The van der Waals surface area contributed by atoms with Gasteiger partial charge in [-0.05, 0) is 19.3 Å². The summed E-state index contributed by atoms with van der Waals surface area (Å²) >= 11 is 2.98. The second-order valence-electron chi connectivity index (χ2n) is 7.16. The number of amides is 2. The molecule has 0 atom stereocenters. The van der Waals surface area contributed by atoms with Gasteiger partial charge in [0.25, 0.3) is 0 Å². The summed E-state index contributed by atoms with van der Waals surface area (Å²) in [5.74, 6) is 0.742. The summed E-state index contributed by atoms with van der Waals surface area (Å²) in [6, 6.07) is 0.361. The molecule has 2 amide bonds. The number of aromatic nitrogens is 2. The van der Waals surface area contributed by atoms with E-state index in [1.54, 1.807) is 0 Å². The van der Waals surface area contributed by atoms with Crippen molar-refractivity contribution >= 4 is 40.0 Å². The standard InChI is InChI=1S/C18H29N5O2S2/c1-2-3-8-16(25)22-9-11-23(12-10-22)17-20-21-18(27-17)26-13-15(24)19-14-6-4-5-7-14/h14H,2-13H2,1H3,(H,19,24). The molecule has 1 saturated heterocycles. The van der Waals surface area contributed by atoms with Crippen molar-refractivity contribution in [1.82, 2.24) is 20.4 Å². The molecule has 1 aromatic heterocycles. The Morgan fingerprint density at radius 2 is 1.93 bits per heavy atom. The number of hydrogen-bond donors (Lipinski definition) is 1. The molecule has 1 saturated carbocycles. The third-order valence-corrected chi connectivity index (χ3v) is 7.21. The summed E-state index contributed by atoms with van der Waals surface area (Å²) in [6.07, 6.45) is 7.31. The first-order valence-corrected chi connectivity index (χ1v) is 11.7. The normalized spacial score (nSPS) is 18.1. The number of carbonyl (C=O) groups is 2. The van der Waals surface area contributed by atoms with Crippen molar-refractivity contribution in [3.05, 3.63) is 0 Å². The highest BCUT2D eigenvalue weighted by Crippen LogP contribution is 2.28. The predicted octanol–water partition coefficient (Wildman–Crippen LogP) is 2.53. The van der Waals surface area contributed by atoms with Gasteiger partial charge < -0.3 is 15.1 Å². The molecule has 0 radical (unpaired) electrons. The van der Waals surface area contributed by atoms with Crippen molar-refractivity contribution in [2.45, 2.75) is 62.3 Å². The van der Waals surface area contributed by atoms with Crippen LogP contribution in [-0.4, -0.2) is 64.9 Å². The zero-order valence-electron chi connectivity index (χ0n) is 16.0. The monoisotopic (exact) mass is 411 g/mol. The first kappa shape index (κ1) is 20.4. The minimum atomic E-state index is 0.0860. The van der Waals surface area contributed by atoms with Crippen LogP contribution in [0.4, 0.5) is 5.13 Å². The molecule has 1 aromatic rings. The summed E-state index contributed by atoms with van der Waals surface area (Å²) < 4.78 is 0.827. The number of carbonyl (C=O) groups excluding carboxylic acids is 2. The zero-order valence-corrected chi connectivity index (χ0v) is 17.6. The highest BCUT2D eigenvalue weighted by molar-refractivity contribution is 8.01. The maximum Gasteiger partial charge on any atom is 0.230 e. The number of anilines is 1. The number of thioether (sulfide) groups is 1. The molecule has 27 heavy (non-hydrogen) atoms. The van der Waals surface area contributed by atoms with Gasteiger partial charge in [0.05, 0.1) is 5.75 Å². The average molecular weight is 412 g/mol. The number of unbranched alkanes of at least 4 members (excludes halogenated alkanes) is 1. The van der Waals surface area contributed by atoms with Crippen molar-refractivity contribution in [2.75, 3.05) is 36.8 Å². The Kier molecular flexibility index (Phi) is 7.75. The number of nitrogens with zero attached hydrogens (tertiary/aromatic N) is 4. The Morgan fingerprint density at radius 3 is 2.63 bits per heavy atom. The fourth-order valence-electron chi connectivity index (χ4n) is 3.49. The average Bonchev–Trinajstić information content (AvgIpc) is 3.36. The van der Waals surface area contributed by atoms with Crippen LogP contribution in [0.2, 0.25) is 0 Å². The SMILES string of the molecule is CCCCC(=O)N1CCN(c2nnc(SCC(=O)NC3CCCC3)s2)CC1. The van der Waals surface area contributed by atoms with Crippen molar-refractivity contribution in [3.63, 3.8) is 0 Å². The molecule has 0 aromatic carbocycles. The maximum absolute atomic E-state index is 12.1. The van der Waals surface area contributed by atoms with Crippen LogP contribution in [0.15, 0.2) is 4.34 Å². The van der Waals surface area contributed by atoms with Crippen LogP contribution in [0.5, 0.6) is 0 Å². The van der Waals surface area contributed by atoms with E-state index < -0.39 is 0 Å². The summed E-state index contributed by atoms with van der Waals surface area (Å²) in [5.41, 5.74) is 0. The quantitative estimate of drug-likeness (QED) is 0.662. The van der Waals surface area contributed by atoms with E-state index in [4.69, 9.17) is 0 Å². The summed E-state index contributed by atoms with van der Waals surface area (Å²) in [5, 5.41) is 12.5. The predicted molar refractivity (Wildman–Crippen MR) is 109 cm³/mol. The molecule has 7 nitrogen and oxygen atoms in total. The lowest BCUT2D eigenvalue weighted by atomic mass is 10.2. The Hall–Kier alpha value is -1.35. The van der Waals surface area contributed by atoms with Gasteiger partial charge >= 0.3 is 0 Å². The third kappa shape index (κ3) is 6.07. The molecular weight excluding hydrogens is 382 g/mol. The molecule has 1 aliphatic heterocycles. The fraction of sp³-hybridized carbons (Fsp3) is 0.778. The van der Waals surface area contributed by atoms with E-state index in [2.05, 4.69) is 27.3 Å². The van der Waals surface area contributed by atoms with Gasteiger partial charge in [0, 0.05) is 38.6 Å². The number of piperazine rings is 1. The van der Waals surface area contributed by atoms with E-state index in [1.165, 1.54) is 35.9 Å². The van der Waals surface area contributed by atoms with E-state index in [-0.39, 0.29) is 11.8 Å². The van der Waals surface area contributed by atoms with Crippen molar-refractivity contribution in [1.29, 1.82) is 0 Å². The van der Waals surface area contributed by atoms with Gasteiger partial charge in [-0.25, -0.2) is 0 Å². The van der Waals surface area contributed by atoms with Gasteiger partial charge in [0.1, 0.15) is 0 Å². The Bertz CT molecular complexity index is 625. The molecule has 0 spiro atoms. The van der Waals surface area contributed by atoms with Gasteiger partial charge in [-0.15, -0.1) is 10.2 Å². The van der Waals surface area contributed by atoms with Gasteiger partial charge in [-0.2, -0.15) is 0 Å². The van der Waals surface area contributed by atoms with Gasteiger partial charge in [0.15, 0.2) is 4.34 Å². The lowest BCUT2D eigenvalue weighted by Gasteiger charge is -2.34. The smallest absolute Gasteiger partial charge is 0.230 e. The van der Waals surface area contributed by atoms with Crippen LogP contribution in [-0.2, 0) is 9.59 Å². The third-order valence-electron chi connectivity index (χ3n) is 5.09. The minimum absolute atomic E-state index is 0.0860. The maximum atomic E-state index is 12.1. The van der Waals surface area contributed by atoms with Crippen LogP contribution >= 0.6 is 23.1 Å². The fourth-order valence-corrected chi connectivity index (χ4v) is 5.19. The second-order valence-corrected chi connectivity index (χ2v) is 9.34. The molecule has 2 fully saturated rings. The Balaban J connectivity index is 1.40. The molecule has 1 N–H and O–H groups in total. The molecule has 0 bridgehead atoms. The Morgan fingerprint density at radius 1 is 1.19 bits per heavy atom. The highest BCUT2D eigenvalue weighted by Gasteiger charge is 2.23. The topological polar surface area (TPSA) is 78.4 Å². The first-order valence-electron chi connectivity index (χ1n) is 9.94. The van der Waals surface area contributed by atoms with E-state index in [0.717, 1.165) is 61.3 Å². The van der Waals surface area contributed by atoms with Crippen LogP contribution in [0.1, 0.15) is 51.9 Å². The zero-order chi connectivity index (χ0) is 19.1. The minimum Gasteiger partial charge on any atom is -0.353 e. The molecule has 0 unspecified atom stereocenters. The van der Waals surface area contributed by atoms with E-state index in [9.17, 15) is 9.59 Å². The molecule has 150 valence electrons. The number of rotatable bonds is 8. The molecule has 9 heteroatoms. The van der Waals surface area contributed by atoms with Crippen molar-refractivity contribution in [2.24, 2.45) is 0 Å². The lowest BCUT2D eigenvalue weighted by molar-refractivity contribution is -0.131. The van der Waals surface area contributed by atoms with E-state index in [1.807, 2.05) is 4.90 Å².